The van der Waals surface area contributed by atoms with E-state index in [-0.39, 0.29) is 53.0 Å². The molecule has 24 heteroatoms. The summed E-state index contributed by atoms with van der Waals surface area (Å²) in [5, 5.41) is 59.4. The predicted molar refractivity (Wildman–Crippen MR) is 119 cm³/mol. The van der Waals surface area contributed by atoms with Crippen LogP contribution >= 0.6 is 15.6 Å². The van der Waals surface area contributed by atoms with E-state index < -0.39 is 83.4 Å². The van der Waals surface area contributed by atoms with Gasteiger partial charge < -0.3 is 55.7 Å². The largest absolute Gasteiger partial charge is 1.00 e. The molecule has 0 aromatic carbocycles. The van der Waals surface area contributed by atoms with Crippen LogP contribution in [0.4, 0.5) is 5.95 Å². The maximum absolute atomic E-state index is 13.0. The molecule has 0 saturated carbocycles. The first-order valence-corrected chi connectivity index (χ1v) is 13.6. The number of aromatic nitrogens is 4. The number of hydrogen-bond acceptors (Lipinski definition) is 18. The topological polar surface area (TPSA) is 342 Å². The van der Waals surface area contributed by atoms with Crippen LogP contribution in [-0.4, -0.2) is 117 Å². The number of ether oxygens (including phenoxy) is 1. The molecule has 1 fully saturated rings. The van der Waals surface area contributed by atoms with Gasteiger partial charge in [-0.1, -0.05) is 0 Å². The van der Waals surface area contributed by atoms with Crippen LogP contribution in [0.3, 0.4) is 0 Å². The van der Waals surface area contributed by atoms with Crippen molar-refractivity contribution < 1.29 is 102 Å². The molecule has 1 saturated heterocycles. The third kappa shape index (κ3) is 8.00. The summed E-state index contributed by atoms with van der Waals surface area (Å²) in [6.07, 6.45) is -15.0. The number of aliphatic hydroxyl groups is 6. The Morgan fingerprint density at radius 2 is 1.90 bits per heavy atom. The van der Waals surface area contributed by atoms with Crippen LogP contribution in [0.5, 0.6) is 0 Å². The number of aldehydes is 1. The van der Waals surface area contributed by atoms with Crippen molar-refractivity contribution in [1.82, 2.24) is 19.5 Å². The van der Waals surface area contributed by atoms with E-state index >= 15 is 0 Å². The number of phosphoric ester groups is 1. The van der Waals surface area contributed by atoms with Crippen LogP contribution in [0.2, 0.25) is 0 Å². The number of hydrogen-bond donors (Lipinski definition) is 9. The molecule has 3 rings (SSSR count). The third-order valence-corrected chi connectivity index (χ3v) is 7.95. The van der Waals surface area contributed by atoms with Crippen molar-refractivity contribution in [3.8, 4) is 0 Å². The molecule has 40 heavy (non-hydrogen) atoms. The third-order valence-electron chi connectivity index (χ3n) is 5.33. The number of fused-ring (bicyclic) bond motifs is 1. The molecule has 0 spiro atoms. The summed E-state index contributed by atoms with van der Waals surface area (Å²) < 4.78 is 44.1. The number of carbonyl (C=O) groups is 1. The minimum absolute atomic E-state index is 0. The van der Waals surface area contributed by atoms with E-state index in [1.807, 2.05) is 0 Å². The Morgan fingerprint density at radius 3 is 2.48 bits per heavy atom. The smallest absolute Gasteiger partial charge is 0.756 e. The fourth-order valence-corrected chi connectivity index (χ4v) is 5.73. The van der Waals surface area contributed by atoms with Gasteiger partial charge in [-0.25, -0.2) is 13.9 Å². The number of rotatable bonds is 13. The van der Waals surface area contributed by atoms with Gasteiger partial charge in [-0.2, -0.15) is 4.98 Å². The SMILES string of the molecule is Nc1nc2c(ncn2[C@@H]2O[C@H](COP(=O)(O[C@H](CO)[C@@H](O)[C@H](O)[C@H](O)C=O)OP(=O)([O-])O)[C@@H](O)[C@H]2O)c(=O)[nH]1.[Na+]. The average molecular weight is 627 g/mol. The molecule has 21 nitrogen and oxygen atoms in total. The van der Waals surface area contributed by atoms with E-state index in [9.17, 15) is 54.3 Å². The summed E-state index contributed by atoms with van der Waals surface area (Å²) >= 11 is 0. The monoisotopic (exact) mass is 627 g/mol. The molecule has 0 radical (unpaired) electrons. The van der Waals surface area contributed by atoms with Crippen LogP contribution in [0.1, 0.15) is 6.23 Å². The molecule has 1 aliphatic rings. The van der Waals surface area contributed by atoms with Crippen LogP contribution in [0, 0.1) is 0 Å². The van der Waals surface area contributed by atoms with E-state index in [2.05, 4.69) is 23.8 Å². The van der Waals surface area contributed by atoms with E-state index in [0.29, 0.717) is 0 Å². The van der Waals surface area contributed by atoms with Crippen LogP contribution in [0.25, 0.3) is 11.2 Å². The van der Waals surface area contributed by atoms with Gasteiger partial charge in [-0.05, 0) is 0 Å². The summed E-state index contributed by atoms with van der Waals surface area (Å²) in [6.45, 7) is -2.41. The van der Waals surface area contributed by atoms with Crippen LogP contribution < -0.4 is 45.7 Å². The molecular weight excluding hydrogens is 603 g/mol. The minimum Gasteiger partial charge on any atom is -0.756 e. The number of aromatic amines is 1. The number of H-pyrrole nitrogens is 1. The Bertz CT molecular complexity index is 1320. The van der Waals surface area contributed by atoms with Gasteiger partial charge >= 0.3 is 37.4 Å². The second-order valence-electron chi connectivity index (χ2n) is 8.05. The average Bonchev–Trinajstić information content (AvgIpc) is 3.39. The number of nitrogens with one attached hydrogen (secondary N) is 1. The van der Waals surface area contributed by atoms with Crippen LogP contribution in [-0.2, 0) is 32.0 Å². The van der Waals surface area contributed by atoms with Crippen molar-refractivity contribution in [3.63, 3.8) is 0 Å². The van der Waals surface area contributed by atoms with Crippen molar-refractivity contribution >= 4 is 39.0 Å². The number of aliphatic hydroxyl groups excluding tert-OH is 6. The summed E-state index contributed by atoms with van der Waals surface area (Å²) in [4.78, 5) is 52.8. The summed E-state index contributed by atoms with van der Waals surface area (Å²) in [7, 11) is -11.5. The predicted octanol–water partition coefficient (Wildman–Crippen LogP) is -8.41. The first kappa shape index (κ1) is 35.0. The quantitative estimate of drug-likeness (QED) is 0.0565. The Morgan fingerprint density at radius 1 is 1.25 bits per heavy atom. The van der Waals surface area contributed by atoms with E-state index in [1.54, 1.807) is 0 Å². The first-order valence-electron chi connectivity index (χ1n) is 10.6. The molecule has 220 valence electrons. The van der Waals surface area contributed by atoms with Gasteiger partial charge in [0.2, 0.25) is 5.95 Å². The normalized spacial score (nSPS) is 27.2. The van der Waals surface area contributed by atoms with Gasteiger partial charge in [0, 0.05) is 0 Å². The number of nitrogen functional groups attached to an aromatic ring is 1. The van der Waals surface area contributed by atoms with Crippen molar-refractivity contribution in [2.24, 2.45) is 0 Å². The van der Waals surface area contributed by atoms with E-state index in [4.69, 9.17) is 19.9 Å². The van der Waals surface area contributed by atoms with Gasteiger partial charge in [-0.3, -0.25) is 28.0 Å². The summed E-state index contributed by atoms with van der Waals surface area (Å²) in [5.74, 6) is -0.310. The first-order chi connectivity index (χ1) is 18.1. The Hall–Kier alpha value is -1.20. The molecule has 0 amide bonds. The van der Waals surface area contributed by atoms with E-state index in [1.165, 1.54) is 0 Å². The van der Waals surface area contributed by atoms with Crippen LogP contribution in [0.15, 0.2) is 11.1 Å². The van der Waals surface area contributed by atoms with Gasteiger partial charge in [0.15, 0.2) is 23.7 Å². The van der Waals surface area contributed by atoms with Gasteiger partial charge in [-0.15, -0.1) is 0 Å². The number of anilines is 1. The second-order valence-corrected chi connectivity index (χ2v) is 11.0. The maximum atomic E-state index is 13.0. The molecule has 2 aromatic rings. The fourth-order valence-electron chi connectivity index (χ4n) is 3.46. The maximum Gasteiger partial charge on any atom is 1.00 e. The van der Waals surface area contributed by atoms with Crippen molar-refractivity contribution in [2.75, 3.05) is 18.9 Å². The number of phosphoric acid groups is 2. The molecule has 2 aromatic heterocycles. The molecule has 0 aliphatic carbocycles. The zero-order valence-electron chi connectivity index (χ0n) is 20.3. The molecular formula is C16H24N5NaO16P2. The zero-order chi connectivity index (χ0) is 29.3. The Kier molecular flexibility index (Phi) is 12.1. The molecule has 3 heterocycles. The molecule has 10 atom stereocenters. The zero-order valence-corrected chi connectivity index (χ0v) is 24.1. The fraction of sp³-hybridized carbons (Fsp3) is 0.625. The molecule has 10 N–H and O–H groups in total. The van der Waals surface area contributed by atoms with Crippen molar-refractivity contribution in [2.45, 2.75) is 49.0 Å². The molecule has 0 bridgehead atoms. The van der Waals surface area contributed by atoms with E-state index in [0.717, 1.165) is 10.9 Å². The minimum atomic E-state index is -5.92. The summed E-state index contributed by atoms with van der Waals surface area (Å²) in [5.41, 5.74) is 4.43. The number of imidazole rings is 1. The molecule has 2 unspecified atom stereocenters. The Balaban J connectivity index is 0.00000560. The second kappa shape index (κ2) is 13.8. The van der Waals surface area contributed by atoms with Gasteiger partial charge in [0.1, 0.15) is 42.7 Å². The number of nitrogens with two attached hydrogens (primary N) is 1. The van der Waals surface area contributed by atoms with Crippen molar-refractivity contribution in [3.05, 3.63) is 16.7 Å². The number of nitrogens with zero attached hydrogens (tertiary/aromatic N) is 3. The van der Waals surface area contributed by atoms with Crippen molar-refractivity contribution in [1.29, 1.82) is 0 Å². The summed E-state index contributed by atoms with van der Waals surface area (Å²) in [6, 6.07) is 0. The Labute approximate surface area is 244 Å². The van der Waals surface area contributed by atoms with Gasteiger partial charge in [0.25, 0.3) is 13.4 Å². The molecule has 1 aliphatic heterocycles. The standard InChI is InChI=1S/C16H25N5O16P2.Na/c17-16-19-13-8(14(29)20-16)18-4-21(13)15-12(28)11(27)7(35-15)3-34-39(33,37-38(30,31)32)36-6(2-23)10(26)9(25)5(24)1-22;/h1,4-7,9-12,15,23-28H,2-3H2,(H2,30,31,32)(H3,17,19,20,29);/q;+1/p-1/t5-,6-,7-,9-,10-,11-,12-,15-,39?;/m1./s1. The van der Waals surface area contributed by atoms with Gasteiger partial charge in [0.05, 0.1) is 19.5 Å². The number of carbonyl (C=O) groups excluding carboxylic acids is 1.